The van der Waals surface area contributed by atoms with Gasteiger partial charge in [0.05, 0.1) is 11.3 Å². The lowest BCUT2D eigenvalue weighted by atomic mass is 10.1. The number of alkyl halides is 3. The van der Waals surface area contributed by atoms with Crippen LogP contribution < -0.4 is 10.6 Å². The average Bonchev–Trinajstić information content (AvgIpc) is 2.97. The average molecular weight is 362 g/mol. The number of carbonyl (C=O) groups excluding carboxylic acids is 1. The van der Waals surface area contributed by atoms with E-state index in [1.54, 1.807) is 0 Å². The van der Waals surface area contributed by atoms with Crippen LogP contribution >= 0.6 is 0 Å². The van der Waals surface area contributed by atoms with Crippen molar-refractivity contribution in [3.8, 4) is 0 Å². The monoisotopic (exact) mass is 362 g/mol. The highest BCUT2D eigenvalue weighted by Crippen LogP contribution is 2.35. The van der Waals surface area contributed by atoms with Crippen LogP contribution in [0.1, 0.15) is 42.5 Å². The molecule has 2 atom stereocenters. The number of amides is 1. The van der Waals surface area contributed by atoms with Crippen LogP contribution in [0.15, 0.2) is 48.5 Å². The molecule has 3 nitrogen and oxygen atoms in total. The molecule has 2 aromatic rings. The molecule has 26 heavy (non-hydrogen) atoms. The van der Waals surface area contributed by atoms with Crippen LogP contribution in [-0.4, -0.2) is 11.9 Å². The van der Waals surface area contributed by atoms with Crippen LogP contribution in [0.4, 0.5) is 18.9 Å². The molecule has 2 N–H and O–H groups in total. The lowest BCUT2D eigenvalue weighted by molar-refractivity contribution is -0.137. The molecule has 0 radical (unpaired) electrons. The second kappa shape index (κ2) is 7.50. The summed E-state index contributed by atoms with van der Waals surface area (Å²) in [7, 11) is 0. The van der Waals surface area contributed by atoms with E-state index in [0.29, 0.717) is 0 Å². The van der Waals surface area contributed by atoms with Crippen LogP contribution in [0.25, 0.3) is 0 Å². The number of rotatable bonds is 5. The molecule has 0 bridgehead atoms. The molecule has 2 aromatic carbocycles. The van der Waals surface area contributed by atoms with Gasteiger partial charge in [0.15, 0.2) is 0 Å². The summed E-state index contributed by atoms with van der Waals surface area (Å²) < 4.78 is 39.0. The number of hydrogen-bond acceptors (Lipinski definition) is 2. The lowest BCUT2D eigenvalue weighted by Crippen LogP contribution is -2.33. The fourth-order valence-electron chi connectivity index (χ4n) is 3.45. The van der Waals surface area contributed by atoms with Crippen molar-refractivity contribution < 1.29 is 18.0 Å². The molecule has 3 rings (SSSR count). The summed E-state index contributed by atoms with van der Waals surface area (Å²) in [6.07, 6.45) is -2.44. The van der Waals surface area contributed by atoms with Crippen molar-refractivity contribution >= 4 is 11.6 Å². The predicted molar refractivity (Wildman–Crippen MR) is 94.8 cm³/mol. The van der Waals surface area contributed by atoms with Gasteiger partial charge in [-0.1, -0.05) is 36.4 Å². The number of halogens is 3. The minimum atomic E-state index is -4.50. The summed E-state index contributed by atoms with van der Waals surface area (Å²) in [5.74, 6) is -0.437. The number of para-hydroxylation sites is 1. The molecule has 1 amide bonds. The van der Waals surface area contributed by atoms with E-state index in [9.17, 15) is 18.0 Å². The van der Waals surface area contributed by atoms with E-state index in [4.69, 9.17) is 0 Å². The standard InChI is InChI=1S/C20H21F3N2O/c1-13(24-17-11-10-14-6-2-3-7-15(14)17)12-19(26)25-18-9-5-4-8-16(18)20(21,22)23/h2-9,13,17,24H,10-12H2,1H3,(H,25,26). The van der Waals surface area contributed by atoms with Gasteiger partial charge in [-0.15, -0.1) is 0 Å². The van der Waals surface area contributed by atoms with Crippen molar-refractivity contribution in [3.05, 3.63) is 65.2 Å². The van der Waals surface area contributed by atoms with Gasteiger partial charge in [-0.2, -0.15) is 13.2 Å². The van der Waals surface area contributed by atoms with Crippen LogP contribution in [0.5, 0.6) is 0 Å². The van der Waals surface area contributed by atoms with Crippen molar-refractivity contribution in [1.82, 2.24) is 5.32 Å². The highest BCUT2D eigenvalue weighted by Gasteiger charge is 2.33. The number of fused-ring (bicyclic) bond motifs is 1. The largest absolute Gasteiger partial charge is 0.418 e. The lowest BCUT2D eigenvalue weighted by Gasteiger charge is -2.20. The third kappa shape index (κ3) is 4.25. The Kier molecular flexibility index (Phi) is 5.32. The minimum Gasteiger partial charge on any atom is -0.325 e. The Labute approximate surface area is 150 Å². The van der Waals surface area contributed by atoms with Gasteiger partial charge in [0.25, 0.3) is 0 Å². The number of nitrogens with one attached hydrogen (secondary N) is 2. The third-order valence-corrected chi connectivity index (χ3v) is 4.62. The molecule has 0 saturated carbocycles. The molecule has 0 aliphatic heterocycles. The van der Waals surface area contributed by atoms with Gasteiger partial charge >= 0.3 is 6.18 Å². The van der Waals surface area contributed by atoms with E-state index in [-0.39, 0.29) is 24.2 Å². The number of carbonyl (C=O) groups is 1. The summed E-state index contributed by atoms with van der Waals surface area (Å²) in [5, 5.41) is 5.81. The summed E-state index contributed by atoms with van der Waals surface area (Å²) in [5.41, 5.74) is 1.50. The van der Waals surface area contributed by atoms with Crippen molar-refractivity contribution in [2.24, 2.45) is 0 Å². The van der Waals surface area contributed by atoms with E-state index in [2.05, 4.69) is 22.8 Å². The second-order valence-corrected chi connectivity index (χ2v) is 6.65. The molecule has 138 valence electrons. The Hall–Kier alpha value is -2.34. The van der Waals surface area contributed by atoms with Crippen LogP contribution in [0.2, 0.25) is 0 Å². The Morgan fingerprint density at radius 2 is 1.85 bits per heavy atom. The van der Waals surface area contributed by atoms with Gasteiger partial charge in [-0.3, -0.25) is 4.79 Å². The zero-order valence-electron chi connectivity index (χ0n) is 14.4. The first-order chi connectivity index (χ1) is 12.3. The fourth-order valence-corrected chi connectivity index (χ4v) is 3.45. The molecule has 1 aliphatic rings. The molecule has 0 heterocycles. The topological polar surface area (TPSA) is 41.1 Å². The fraction of sp³-hybridized carbons (Fsp3) is 0.350. The number of aryl methyl sites for hydroxylation is 1. The smallest absolute Gasteiger partial charge is 0.325 e. The highest BCUT2D eigenvalue weighted by molar-refractivity contribution is 5.92. The van der Waals surface area contributed by atoms with Crippen molar-refractivity contribution in [2.75, 3.05) is 5.32 Å². The maximum atomic E-state index is 13.0. The van der Waals surface area contributed by atoms with Crippen LogP contribution in [0.3, 0.4) is 0 Å². The van der Waals surface area contributed by atoms with Crippen LogP contribution in [-0.2, 0) is 17.4 Å². The van der Waals surface area contributed by atoms with E-state index < -0.39 is 17.6 Å². The Morgan fingerprint density at radius 3 is 2.62 bits per heavy atom. The van der Waals surface area contributed by atoms with Gasteiger partial charge in [0.1, 0.15) is 0 Å². The number of anilines is 1. The van der Waals surface area contributed by atoms with Gasteiger partial charge < -0.3 is 10.6 Å². The molecule has 6 heteroatoms. The second-order valence-electron chi connectivity index (χ2n) is 6.65. The van der Waals surface area contributed by atoms with Gasteiger partial charge in [0, 0.05) is 18.5 Å². The molecular weight excluding hydrogens is 341 g/mol. The first kappa shape index (κ1) is 18.5. The zero-order chi connectivity index (χ0) is 18.7. The quantitative estimate of drug-likeness (QED) is 0.809. The summed E-state index contributed by atoms with van der Waals surface area (Å²) in [4.78, 5) is 12.2. The van der Waals surface area contributed by atoms with Crippen molar-refractivity contribution in [2.45, 2.75) is 44.4 Å². The summed E-state index contributed by atoms with van der Waals surface area (Å²) in [6.45, 7) is 1.87. The normalized spacial score (nSPS) is 17.6. The Balaban J connectivity index is 1.59. The molecule has 0 fully saturated rings. The summed E-state index contributed by atoms with van der Waals surface area (Å²) >= 11 is 0. The molecule has 0 aromatic heterocycles. The van der Waals surface area contributed by atoms with E-state index >= 15 is 0 Å². The van der Waals surface area contributed by atoms with Crippen molar-refractivity contribution in [1.29, 1.82) is 0 Å². The summed E-state index contributed by atoms with van der Waals surface area (Å²) in [6, 6.07) is 13.2. The maximum Gasteiger partial charge on any atom is 0.418 e. The SMILES string of the molecule is CC(CC(=O)Nc1ccccc1C(F)(F)F)NC1CCc2ccccc21. The molecule has 1 aliphatic carbocycles. The van der Waals surface area contributed by atoms with E-state index in [1.807, 2.05) is 19.1 Å². The number of benzene rings is 2. The minimum absolute atomic E-state index is 0.102. The number of hydrogen-bond donors (Lipinski definition) is 2. The molecule has 2 unspecified atom stereocenters. The highest BCUT2D eigenvalue weighted by atomic mass is 19.4. The van der Waals surface area contributed by atoms with E-state index in [0.717, 1.165) is 18.9 Å². The molecule has 0 saturated heterocycles. The van der Waals surface area contributed by atoms with Crippen molar-refractivity contribution in [3.63, 3.8) is 0 Å². The predicted octanol–water partition coefficient (Wildman–Crippen LogP) is 4.70. The van der Waals surface area contributed by atoms with Crippen LogP contribution in [0, 0.1) is 0 Å². The zero-order valence-corrected chi connectivity index (χ0v) is 14.4. The van der Waals surface area contributed by atoms with Gasteiger partial charge in [-0.25, -0.2) is 0 Å². The third-order valence-electron chi connectivity index (χ3n) is 4.62. The molecular formula is C20H21F3N2O. The Bertz CT molecular complexity index is 789. The first-order valence-corrected chi connectivity index (χ1v) is 8.64. The maximum absolute atomic E-state index is 13.0. The Morgan fingerprint density at radius 1 is 1.15 bits per heavy atom. The van der Waals surface area contributed by atoms with E-state index in [1.165, 1.54) is 29.3 Å². The van der Waals surface area contributed by atoms with Gasteiger partial charge in [-0.05, 0) is 43.0 Å². The van der Waals surface area contributed by atoms with Gasteiger partial charge in [0.2, 0.25) is 5.91 Å². The molecule has 0 spiro atoms. The first-order valence-electron chi connectivity index (χ1n) is 8.64.